The molecule has 1 aliphatic rings. The van der Waals surface area contributed by atoms with Gasteiger partial charge in [0.15, 0.2) is 24.6 Å². The fourth-order valence-corrected chi connectivity index (χ4v) is 8.83. The van der Waals surface area contributed by atoms with Crippen molar-refractivity contribution < 1.29 is 58.2 Å². The lowest BCUT2D eigenvalue weighted by Crippen LogP contribution is -2.61. The van der Waals surface area contributed by atoms with Gasteiger partial charge in [0.25, 0.3) is 0 Å². The summed E-state index contributed by atoms with van der Waals surface area (Å²) in [6.07, 6.45) is 55.8. The number of aliphatic hydroxyl groups excluding tert-OH is 2. The molecule has 3 N–H and O–H groups in total. The summed E-state index contributed by atoms with van der Waals surface area (Å²) in [7, 11) is 0. The summed E-state index contributed by atoms with van der Waals surface area (Å²) in [4.78, 5) is 51.1. The topological polar surface area (TPSA) is 175 Å². The minimum Gasteiger partial charge on any atom is -0.479 e. The third-order valence-corrected chi connectivity index (χ3v) is 13.5. The summed E-state index contributed by atoms with van der Waals surface area (Å²) in [5.74, 6) is -3.30. The van der Waals surface area contributed by atoms with Crippen molar-refractivity contribution >= 4 is 23.9 Å². The normalized spacial score (nSPS) is 18.6. The largest absolute Gasteiger partial charge is 0.479 e. The summed E-state index contributed by atoms with van der Waals surface area (Å²) in [6.45, 7) is 5.73. The Kier molecular flexibility index (Phi) is 48.4. The molecule has 0 saturated carbocycles. The first-order valence-electron chi connectivity index (χ1n) is 30.6. The number of aliphatic carboxylic acids is 1. The molecule has 1 rings (SSSR count). The van der Waals surface area contributed by atoms with E-state index in [-0.39, 0.29) is 25.9 Å². The van der Waals surface area contributed by atoms with Gasteiger partial charge in [0, 0.05) is 12.8 Å². The van der Waals surface area contributed by atoms with Crippen LogP contribution in [0.15, 0.2) is 85.1 Å². The average molecular weight is 1080 g/mol. The highest BCUT2D eigenvalue weighted by Gasteiger charge is 2.50. The fourth-order valence-electron chi connectivity index (χ4n) is 8.83. The molecule has 1 saturated heterocycles. The number of hydrogen-bond acceptors (Lipinski definition) is 11. The van der Waals surface area contributed by atoms with E-state index >= 15 is 0 Å². The van der Waals surface area contributed by atoms with Gasteiger partial charge in [-0.15, -0.1) is 0 Å². The lowest BCUT2D eigenvalue weighted by atomic mass is 9.98. The predicted octanol–water partition coefficient (Wildman–Crippen LogP) is 15.9. The molecule has 0 radical (unpaired) electrons. The van der Waals surface area contributed by atoms with Gasteiger partial charge < -0.3 is 39.0 Å². The fraction of sp³-hybridized carbons (Fsp3) is 0.723. The van der Waals surface area contributed by atoms with Gasteiger partial charge in [-0.2, -0.15) is 0 Å². The molecule has 12 nitrogen and oxygen atoms in total. The van der Waals surface area contributed by atoms with Crippen LogP contribution in [0.5, 0.6) is 0 Å². The third-order valence-electron chi connectivity index (χ3n) is 13.5. The van der Waals surface area contributed by atoms with Crippen molar-refractivity contribution in [3.05, 3.63) is 85.1 Å². The number of ether oxygens (including phenoxy) is 5. The first-order valence-corrected chi connectivity index (χ1v) is 30.6. The monoisotopic (exact) mass is 1080 g/mol. The van der Waals surface area contributed by atoms with E-state index in [1.54, 1.807) is 6.08 Å². The number of carboxylic acids is 1. The number of aliphatic hydroxyl groups is 2. The maximum Gasteiger partial charge on any atom is 0.335 e. The first kappa shape index (κ1) is 70.9. The van der Waals surface area contributed by atoms with Crippen LogP contribution in [0, 0.1) is 0 Å². The van der Waals surface area contributed by atoms with Crippen LogP contribution >= 0.6 is 0 Å². The second kappa shape index (κ2) is 52.6. The Balaban J connectivity index is 2.70. The molecule has 0 bridgehead atoms. The molecular weight excluding hydrogens is 973 g/mol. The second-order valence-corrected chi connectivity index (χ2v) is 20.6. The van der Waals surface area contributed by atoms with Gasteiger partial charge in [-0.25, -0.2) is 4.79 Å². The zero-order valence-corrected chi connectivity index (χ0v) is 48.4. The Morgan fingerprint density at radius 3 is 1.36 bits per heavy atom. The highest BCUT2D eigenvalue weighted by atomic mass is 16.7. The Labute approximate surface area is 467 Å². The van der Waals surface area contributed by atoms with E-state index in [0.29, 0.717) is 19.3 Å². The molecule has 1 aliphatic heterocycles. The molecule has 0 aromatic carbocycles. The highest BCUT2D eigenvalue weighted by Crippen LogP contribution is 2.26. The van der Waals surface area contributed by atoms with Crippen LogP contribution in [-0.2, 0) is 42.9 Å². The predicted molar refractivity (Wildman–Crippen MR) is 312 cm³/mol. The van der Waals surface area contributed by atoms with Crippen LogP contribution < -0.4 is 0 Å². The number of carboxylic acid groups (broad SMARTS) is 1. The SMILES string of the molecule is CC/C=C\C/C=C\C/C=C\C/C=C\C/C=C\CC(=O)OCC(COC1OC(C(=O)O)C(O)C(O)C1OC(=O)CCCCCCCCCCCCCCCCCCCCC)OC(=O)CCCCCCC/C=C\C/C=C\CCC. The minimum absolute atomic E-state index is 0.0194. The van der Waals surface area contributed by atoms with E-state index in [0.717, 1.165) is 103 Å². The van der Waals surface area contributed by atoms with Crippen molar-refractivity contribution in [3.8, 4) is 0 Å². The number of rotatable bonds is 51. The number of esters is 3. The van der Waals surface area contributed by atoms with Gasteiger partial charge in [-0.05, 0) is 70.6 Å². The lowest BCUT2D eigenvalue weighted by molar-refractivity contribution is -0.301. The quantitative estimate of drug-likeness (QED) is 0.0228. The van der Waals surface area contributed by atoms with Crippen molar-refractivity contribution in [1.29, 1.82) is 0 Å². The minimum atomic E-state index is -1.92. The van der Waals surface area contributed by atoms with Crippen LogP contribution in [-0.4, -0.2) is 89.2 Å². The lowest BCUT2D eigenvalue weighted by Gasteiger charge is -2.40. The smallest absolute Gasteiger partial charge is 0.335 e. The van der Waals surface area contributed by atoms with E-state index in [2.05, 4.69) is 87.6 Å². The standard InChI is InChI=1S/C65H108O12/c1-4-7-10-13-16-19-22-25-27-28-29-30-32-35-38-41-44-47-50-53-59(68)76-63-61(70)60(69)62(64(71)72)77-65(63)74-55-56(75-58(67)52-49-46-43-40-37-33-24-21-18-15-12-9-6-3)54-73-57(66)51-48-45-42-39-36-34-31-26-23-20-17-14-11-8-5-2/h8,11-12,15,17,20-21,24,26,31,36,39,45,48,56,60-63,65,69-70H,4-7,9-10,13-14,16,18-19,22-23,25,27-30,32-35,37-38,40-44,46-47,49-55H2,1-3H3,(H,71,72)/b11-8-,15-12-,20-17-,24-21-,31-26-,39-36-,48-45-. The molecule has 0 amide bonds. The molecule has 0 aromatic heterocycles. The van der Waals surface area contributed by atoms with Crippen molar-refractivity contribution in [2.75, 3.05) is 13.2 Å². The third kappa shape index (κ3) is 42.5. The van der Waals surface area contributed by atoms with E-state index in [4.69, 9.17) is 23.7 Å². The molecule has 440 valence electrons. The maximum absolute atomic E-state index is 13.1. The van der Waals surface area contributed by atoms with Crippen molar-refractivity contribution in [2.24, 2.45) is 0 Å². The summed E-state index contributed by atoms with van der Waals surface area (Å²) >= 11 is 0. The Morgan fingerprint density at radius 2 is 0.883 bits per heavy atom. The van der Waals surface area contributed by atoms with Crippen molar-refractivity contribution in [1.82, 2.24) is 0 Å². The van der Waals surface area contributed by atoms with Crippen LogP contribution in [0.3, 0.4) is 0 Å². The van der Waals surface area contributed by atoms with Crippen LogP contribution in [0.4, 0.5) is 0 Å². The number of carbonyl (C=O) groups excluding carboxylic acids is 3. The van der Waals surface area contributed by atoms with Crippen LogP contribution in [0.2, 0.25) is 0 Å². The Bertz CT molecular complexity index is 1660. The van der Waals surface area contributed by atoms with E-state index in [9.17, 15) is 34.5 Å². The maximum atomic E-state index is 13.1. The van der Waals surface area contributed by atoms with Crippen molar-refractivity contribution in [3.63, 3.8) is 0 Å². The van der Waals surface area contributed by atoms with E-state index in [1.165, 1.54) is 89.9 Å². The number of carbonyl (C=O) groups is 4. The number of hydrogen-bond donors (Lipinski definition) is 3. The van der Waals surface area contributed by atoms with E-state index < -0.39 is 67.3 Å². The molecule has 6 atom stereocenters. The van der Waals surface area contributed by atoms with Gasteiger partial charge in [-0.3, -0.25) is 14.4 Å². The average Bonchev–Trinajstić information content (AvgIpc) is 3.42. The van der Waals surface area contributed by atoms with Gasteiger partial charge >= 0.3 is 23.9 Å². The Hall–Kier alpha value is -4.10. The number of allylic oxidation sites excluding steroid dienone is 13. The molecule has 0 aliphatic carbocycles. The molecule has 6 unspecified atom stereocenters. The van der Waals surface area contributed by atoms with Gasteiger partial charge in [0.1, 0.15) is 18.8 Å². The highest BCUT2D eigenvalue weighted by molar-refractivity contribution is 5.74. The summed E-state index contributed by atoms with van der Waals surface area (Å²) in [6, 6.07) is 0. The number of unbranched alkanes of at least 4 members (excludes halogenated alkanes) is 24. The van der Waals surface area contributed by atoms with Crippen LogP contribution in [0.25, 0.3) is 0 Å². The van der Waals surface area contributed by atoms with Crippen molar-refractivity contribution in [2.45, 2.75) is 289 Å². The molecule has 0 spiro atoms. The molecule has 0 aromatic rings. The summed E-state index contributed by atoms with van der Waals surface area (Å²) < 4.78 is 28.3. The first-order chi connectivity index (χ1) is 37.6. The molecule has 1 fully saturated rings. The second-order valence-electron chi connectivity index (χ2n) is 20.6. The molecule has 1 heterocycles. The van der Waals surface area contributed by atoms with Gasteiger partial charge in [0.05, 0.1) is 13.0 Å². The molecular formula is C65H108O12. The molecule has 77 heavy (non-hydrogen) atoms. The van der Waals surface area contributed by atoms with E-state index in [1.807, 2.05) is 12.2 Å². The zero-order chi connectivity index (χ0) is 56.1. The summed E-state index contributed by atoms with van der Waals surface area (Å²) in [5.41, 5.74) is 0. The van der Waals surface area contributed by atoms with Gasteiger partial charge in [-0.1, -0.05) is 247 Å². The molecule has 12 heteroatoms. The Morgan fingerprint density at radius 1 is 0.455 bits per heavy atom. The summed E-state index contributed by atoms with van der Waals surface area (Å²) in [5, 5.41) is 31.5. The van der Waals surface area contributed by atoms with Gasteiger partial charge in [0.2, 0.25) is 0 Å². The zero-order valence-electron chi connectivity index (χ0n) is 48.4. The van der Waals surface area contributed by atoms with Crippen LogP contribution in [0.1, 0.15) is 252 Å².